The van der Waals surface area contributed by atoms with E-state index < -0.39 is 0 Å². The normalized spacial score (nSPS) is 16.7. The number of thioether (sulfide) groups is 1. The monoisotopic (exact) mass is 319 g/mol. The first-order chi connectivity index (χ1) is 10.8. The number of hydrogen-bond donors (Lipinski definition) is 1. The molecule has 1 aliphatic heterocycles. The molecule has 1 atom stereocenters. The maximum absolute atomic E-state index is 12.2. The van der Waals surface area contributed by atoms with Crippen LogP contribution in [0.4, 0.5) is 0 Å². The van der Waals surface area contributed by atoms with E-state index in [1.54, 1.807) is 11.8 Å². The van der Waals surface area contributed by atoms with Crippen molar-refractivity contribution in [1.82, 2.24) is 15.5 Å². The molecule has 1 aromatic heterocycles. The Hall–Kier alpha value is -2.02. The van der Waals surface area contributed by atoms with Gasteiger partial charge in [-0.15, -0.1) is 0 Å². The number of aromatic nitrogens is 2. The van der Waals surface area contributed by atoms with Gasteiger partial charge in [0.1, 0.15) is 12.4 Å². The van der Waals surface area contributed by atoms with E-state index in [2.05, 4.69) is 15.5 Å². The molecule has 6 nitrogen and oxygen atoms in total. The van der Waals surface area contributed by atoms with Gasteiger partial charge in [-0.2, -0.15) is 16.7 Å². The molecule has 0 aliphatic carbocycles. The molecule has 1 N–H and O–H groups in total. The highest BCUT2D eigenvalue weighted by atomic mass is 32.2. The summed E-state index contributed by atoms with van der Waals surface area (Å²) in [5, 5.41) is 6.68. The average molecular weight is 319 g/mol. The molecule has 7 heteroatoms. The Morgan fingerprint density at radius 1 is 1.45 bits per heavy atom. The number of rotatable bonds is 5. The molecule has 2 aromatic rings. The number of nitrogens with one attached hydrogen (secondary N) is 1. The lowest BCUT2D eigenvalue weighted by atomic mass is 9.96. The van der Waals surface area contributed by atoms with Crippen LogP contribution >= 0.6 is 11.8 Å². The zero-order valence-electron chi connectivity index (χ0n) is 12.2. The molecule has 0 radical (unpaired) electrons. The average Bonchev–Trinajstić information content (AvgIpc) is 3.00. The molecule has 1 amide bonds. The SMILES string of the molecule is CSCc1noc(CNC(=O)[C@H]2COc3ccccc3C2)n1. The number of hydrogen-bond acceptors (Lipinski definition) is 6. The summed E-state index contributed by atoms with van der Waals surface area (Å²) in [7, 11) is 0. The molecule has 0 unspecified atom stereocenters. The van der Waals surface area contributed by atoms with Gasteiger partial charge in [-0.3, -0.25) is 4.79 Å². The summed E-state index contributed by atoms with van der Waals surface area (Å²) < 4.78 is 10.7. The third-order valence-corrected chi connectivity index (χ3v) is 3.99. The fraction of sp³-hybridized carbons (Fsp3) is 0.400. The Labute approximate surface area is 132 Å². The van der Waals surface area contributed by atoms with Crippen molar-refractivity contribution in [1.29, 1.82) is 0 Å². The van der Waals surface area contributed by atoms with Crippen LogP contribution in [0.3, 0.4) is 0 Å². The van der Waals surface area contributed by atoms with Crippen LogP contribution in [0.25, 0.3) is 0 Å². The number of carbonyl (C=O) groups excluding carboxylic acids is 1. The molecule has 0 saturated carbocycles. The van der Waals surface area contributed by atoms with Gasteiger partial charge in [0.2, 0.25) is 11.8 Å². The van der Waals surface area contributed by atoms with E-state index in [9.17, 15) is 4.79 Å². The van der Waals surface area contributed by atoms with Crippen molar-refractivity contribution in [2.75, 3.05) is 12.9 Å². The van der Waals surface area contributed by atoms with Gasteiger partial charge in [0.15, 0.2) is 5.82 Å². The molecule has 2 heterocycles. The molecular weight excluding hydrogens is 302 g/mol. The molecule has 0 spiro atoms. The maximum atomic E-state index is 12.2. The second-order valence-corrected chi connectivity index (χ2v) is 5.94. The molecule has 22 heavy (non-hydrogen) atoms. The molecule has 0 bridgehead atoms. The molecule has 1 aromatic carbocycles. The number of para-hydroxylation sites is 1. The largest absolute Gasteiger partial charge is 0.492 e. The molecule has 0 saturated heterocycles. The van der Waals surface area contributed by atoms with Crippen molar-refractivity contribution in [2.45, 2.75) is 18.7 Å². The molecule has 116 valence electrons. The number of nitrogens with zero attached hydrogens (tertiary/aromatic N) is 2. The second kappa shape index (κ2) is 6.83. The van der Waals surface area contributed by atoms with Gasteiger partial charge in [0.25, 0.3) is 0 Å². The van der Waals surface area contributed by atoms with Crippen molar-refractivity contribution in [3.05, 3.63) is 41.5 Å². The fourth-order valence-electron chi connectivity index (χ4n) is 2.35. The summed E-state index contributed by atoms with van der Waals surface area (Å²) in [6.45, 7) is 0.642. The van der Waals surface area contributed by atoms with E-state index in [1.165, 1.54) is 0 Å². The summed E-state index contributed by atoms with van der Waals surface area (Å²) in [5.74, 6) is 2.39. The second-order valence-electron chi connectivity index (χ2n) is 5.07. The predicted molar refractivity (Wildman–Crippen MR) is 82.5 cm³/mol. The summed E-state index contributed by atoms with van der Waals surface area (Å²) in [4.78, 5) is 16.4. The lowest BCUT2D eigenvalue weighted by Crippen LogP contribution is -2.37. The fourth-order valence-corrected chi connectivity index (χ4v) is 2.73. The van der Waals surface area contributed by atoms with Crippen LogP contribution < -0.4 is 10.1 Å². The van der Waals surface area contributed by atoms with Crippen LogP contribution in [-0.4, -0.2) is 28.9 Å². The molecule has 0 fully saturated rings. The van der Waals surface area contributed by atoms with Gasteiger partial charge in [-0.05, 0) is 24.3 Å². The van der Waals surface area contributed by atoms with Gasteiger partial charge in [-0.25, -0.2) is 0 Å². The van der Waals surface area contributed by atoms with Gasteiger partial charge in [0, 0.05) is 0 Å². The minimum Gasteiger partial charge on any atom is -0.492 e. The van der Waals surface area contributed by atoms with E-state index in [0.717, 1.165) is 11.3 Å². The van der Waals surface area contributed by atoms with Crippen molar-refractivity contribution < 1.29 is 14.1 Å². The highest BCUT2D eigenvalue weighted by Crippen LogP contribution is 2.26. The van der Waals surface area contributed by atoms with Gasteiger partial charge >= 0.3 is 0 Å². The number of benzene rings is 1. The number of fused-ring (bicyclic) bond motifs is 1. The van der Waals surface area contributed by atoms with Crippen molar-refractivity contribution in [3.63, 3.8) is 0 Å². The highest BCUT2D eigenvalue weighted by Gasteiger charge is 2.25. The summed E-state index contributed by atoms with van der Waals surface area (Å²) >= 11 is 1.62. The Balaban J connectivity index is 1.54. The maximum Gasteiger partial charge on any atom is 0.246 e. The van der Waals surface area contributed by atoms with Crippen LogP contribution in [0.5, 0.6) is 5.75 Å². The zero-order valence-corrected chi connectivity index (χ0v) is 13.1. The van der Waals surface area contributed by atoms with Crippen molar-refractivity contribution in [2.24, 2.45) is 5.92 Å². The quantitative estimate of drug-likeness (QED) is 0.905. The van der Waals surface area contributed by atoms with Crippen molar-refractivity contribution >= 4 is 17.7 Å². The first-order valence-electron chi connectivity index (χ1n) is 7.05. The predicted octanol–water partition coefficient (Wildman–Crippen LogP) is 1.80. The van der Waals surface area contributed by atoms with Crippen molar-refractivity contribution in [3.8, 4) is 5.75 Å². The topological polar surface area (TPSA) is 77.2 Å². The number of carbonyl (C=O) groups is 1. The van der Waals surface area contributed by atoms with E-state index in [-0.39, 0.29) is 18.4 Å². The zero-order chi connectivity index (χ0) is 15.4. The lowest BCUT2D eigenvalue weighted by Gasteiger charge is -2.24. The van der Waals surface area contributed by atoms with Gasteiger partial charge in [0.05, 0.1) is 18.2 Å². The Morgan fingerprint density at radius 2 is 2.32 bits per heavy atom. The first kappa shape index (κ1) is 14.9. The van der Waals surface area contributed by atoms with E-state index in [1.807, 2.05) is 30.5 Å². The van der Waals surface area contributed by atoms with Gasteiger partial charge < -0.3 is 14.6 Å². The summed E-state index contributed by atoms with van der Waals surface area (Å²) in [6.07, 6.45) is 2.66. The van der Waals surface area contributed by atoms with Crippen LogP contribution in [-0.2, 0) is 23.5 Å². The number of ether oxygens (including phenoxy) is 1. The number of amides is 1. The Bertz CT molecular complexity index is 659. The summed E-state index contributed by atoms with van der Waals surface area (Å²) in [6, 6.07) is 7.80. The molecular formula is C15H17N3O3S. The minimum absolute atomic E-state index is 0.0564. The third kappa shape index (κ3) is 3.41. The highest BCUT2D eigenvalue weighted by molar-refractivity contribution is 7.97. The standard InChI is InChI=1S/C15H17N3O3S/c1-22-9-13-17-14(21-18-13)7-16-15(19)11-6-10-4-2-3-5-12(10)20-8-11/h2-5,11H,6-9H2,1H3,(H,16,19)/t11-/m1/s1. The third-order valence-electron chi connectivity index (χ3n) is 3.45. The Morgan fingerprint density at radius 3 is 3.18 bits per heavy atom. The smallest absolute Gasteiger partial charge is 0.246 e. The Kier molecular flexibility index (Phi) is 4.62. The van der Waals surface area contributed by atoms with Crippen LogP contribution in [0.15, 0.2) is 28.8 Å². The van der Waals surface area contributed by atoms with Crippen LogP contribution in [0.2, 0.25) is 0 Å². The van der Waals surface area contributed by atoms with E-state index in [4.69, 9.17) is 9.26 Å². The van der Waals surface area contributed by atoms with E-state index in [0.29, 0.717) is 30.5 Å². The van der Waals surface area contributed by atoms with Gasteiger partial charge in [-0.1, -0.05) is 23.4 Å². The molecule has 1 aliphatic rings. The minimum atomic E-state index is -0.191. The van der Waals surface area contributed by atoms with E-state index >= 15 is 0 Å². The van der Waals surface area contributed by atoms with Crippen LogP contribution in [0.1, 0.15) is 17.3 Å². The summed E-state index contributed by atoms with van der Waals surface area (Å²) in [5.41, 5.74) is 1.06. The molecule has 3 rings (SSSR count). The lowest BCUT2D eigenvalue weighted by molar-refractivity contribution is -0.126. The first-order valence-corrected chi connectivity index (χ1v) is 8.44. The van der Waals surface area contributed by atoms with Crippen LogP contribution in [0, 0.1) is 5.92 Å².